The van der Waals surface area contributed by atoms with Crippen LogP contribution in [0.3, 0.4) is 0 Å². The van der Waals surface area contributed by atoms with Gasteiger partial charge in [0.15, 0.2) is 5.65 Å². The van der Waals surface area contributed by atoms with Gasteiger partial charge in [-0.1, -0.05) is 29.4 Å². The van der Waals surface area contributed by atoms with Crippen LogP contribution in [-0.4, -0.2) is 19.9 Å². The first kappa shape index (κ1) is 13.4. The number of fused-ring (bicyclic) bond motifs is 1. The molecule has 0 aliphatic heterocycles. The number of nitrogens with two attached hydrogens (primary N) is 1. The number of halogens is 1. The van der Waals surface area contributed by atoms with E-state index in [1.54, 1.807) is 6.33 Å². The van der Waals surface area contributed by atoms with Crippen molar-refractivity contribution in [2.75, 3.05) is 0 Å². The van der Waals surface area contributed by atoms with Crippen LogP contribution in [0.1, 0.15) is 18.5 Å². The molecule has 0 aliphatic rings. The fourth-order valence-corrected chi connectivity index (χ4v) is 2.97. The molecule has 20 heavy (non-hydrogen) atoms. The van der Waals surface area contributed by atoms with Gasteiger partial charge < -0.3 is 10.7 Å². The second-order valence-corrected chi connectivity index (χ2v) is 5.80. The number of H-pyrrole nitrogens is 1. The Kier molecular flexibility index (Phi) is 3.60. The highest BCUT2D eigenvalue weighted by molar-refractivity contribution is 7.99. The van der Waals surface area contributed by atoms with E-state index in [-0.39, 0.29) is 6.04 Å². The summed E-state index contributed by atoms with van der Waals surface area (Å²) in [5.41, 5.74) is 8.31. The van der Waals surface area contributed by atoms with Crippen molar-refractivity contribution in [3.05, 3.63) is 41.4 Å². The molecular formula is C13H12ClN5S. The smallest absolute Gasteiger partial charge is 0.181 e. The van der Waals surface area contributed by atoms with E-state index in [1.165, 1.54) is 18.1 Å². The normalized spacial score (nSPS) is 12.8. The highest BCUT2D eigenvalue weighted by atomic mass is 35.5. The molecule has 0 bridgehead atoms. The van der Waals surface area contributed by atoms with Gasteiger partial charge in [0.2, 0.25) is 0 Å². The van der Waals surface area contributed by atoms with Crippen LogP contribution in [0.4, 0.5) is 0 Å². The van der Waals surface area contributed by atoms with Crippen LogP contribution in [0.25, 0.3) is 11.2 Å². The molecule has 0 aliphatic carbocycles. The molecule has 3 rings (SSSR count). The zero-order valence-electron chi connectivity index (χ0n) is 10.7. The van der Waals surface area contributed by atoms with Crippen molar-refractivity contribution in [1.29, 1.82) is 0 Å². The largest absolute Gasteiger partial charge is 0.341 e. The van der Waals surface area contributed by atoms with Gasteiger partial charge in [-0.05, 0) is 24.6 Å². The van der Waals surface area contributed by atoms with Gasteiger partial charge in [0.25, 0.3) is 0 Å². The predicted octanol–water partition coefficient (Wildman–Crippen LogP) is 3.18. The van der Waals surface area contributed by atoms with Gasteiger partial charge >= 0.3 is 0 Å². The fourth-order valence-electron chi connectivity index (χ4n) is 1.81. The van der Waals surface area contributed by atoms with Crippen molar-refractivity contribution in [3.8, 4) is 0 Å². The van der Waals surface area contributed by atoms with E-state index in [2.05, 4.69) is 19.9 Å². The van der Waals surface area contributed by atoms with Gasteiger partial charge in [-0.15, -0.1) is 0 Å². The monoisotopic (exact) mass is 305 g/mol. The summed E-state index contributed by atoms with van der Waals surface area (Å²) in [6.45, 7) is 1.93. The van der Waals surface area contributed by atoms with Gasteiger partial charge in [0, 0.05) is 10.9 Å². The van der Waals surface area contributed by atoms with Crippen LogP contribution in [0, 0.1) is 0 Å². The molecule has 0 radical (unpaired) electrons. The van der Waals surface area contributed by atoms with Crippen LogP contribution < -0.4 is 5.73 Å². The van der Waals surface area contributed by atoms with Crippen molar-refractivity contribution < 1.29 is 0 Å². The molecule has 0 spiro atoms. The van der Waals surface area contributed by atoms with Gasteiger partial charge in [0.05, 0.1) is 11.3 Å². The molecule has 0 unspecified atom stereocenters. The van der Waals surface area contributed by atoms with Crippen LogP contribution >= 0.6 is 23.4 Å². The van der Waals surface area contributed by atoms with E-state index in [9.17, 15) is 0 Å². The number of nitrogens with zero attached hydrogens (tertiary/aromatic N) is 3. The van der Waals surface area contributed by atoms with Gasteiger partial charge in [0.1, 0.15) is 16.9 Å². The summed E-state index contributed by atoms with van der Waals surface area (Å²) in [7, 11) is 0. The minimum absolute atomic E-state index is 0.0371. The van der Waals surface area contributed by atoms with E-state index in [0.717, 1.165) is 21.0 Å². The first-order valence-corrected chi connectivity index (χ1v) is 7.21. The molecule has 2 aromatic heterocycles. The number of imidazole rings is 1. The van der Waals surface area contributed by atoms with Crippen LogP contribution in [-0.2, 0) is 0 Å². The number of benzene rings is 1. The average Bonchev–Trinajstić information content (AvgIpc) is 2.90. The quantitative estimate of drug-likeness (QED) is 0.726. The molecule has 1 atom stereocenters. The average molecular weight is 306 g/mol. The molecule has 2 heterocycles. The number of aromatic nitrogens is 4. The lowest BCUT2D eigenvalue weighted by molar-refractivity contribution is 0.817. The minimum Gasteiger partial charge on any atom is -0.341 e. The lowest BCUT2D eigenvalue weighted by Crippen LogP contribution is -2.04. The first-order valence-electron chi connectivity index (χ1n) is 6.02. The summed E-state index contributed by atoms with van der Waals surface area (Å²) in [5.74, 6) is 0. The van der Waals surface area contributed by atoms with Crippen molar-refractivity contribution in [1.82, 2.24) is 19.9 Å². The number of hydrogen-bond acceptors (Lipinski definition) is 5. The minimum atomic E-state index is -0.0371. The first-order chi connectivity index (χ1) is 9.65. The van der Waals surface area contributed by atoms with Crippen molar-refractivity contribution in [2.24, 2.45) is 5.73 Å². The summed E-state index contributed by atoms with van der Waals surface area (Å²) >= 11 is 7.78. The van der Waals surface area contributed by atoms with Crippen LogP contribution in [0.2, 0.25) is 5.02 Å². The summed E-state index contributed by atoms with van der Waals surface area (Å²) in [4.78, 5) is 16.4. The molecule has 0 fully saturated rings. The maximum atomic E-state index is 6.30. The molecule has 7 heteroatoms. The number of aromatic amines is 1. The Morgan fingerprint density at radius 3 is 2.90 bits per heavy atom. The van der Waals surface area contributed by atoms with E-state index in [1.807, 2.05) is 25.1 Å². The predicted molar refractivity (Wildman–Crippen MR) is 79.9 cm³/mol. The summed E-state index contributed by atoms with van der Waals surface area (Å²) < 4.78 is 0. The second-order valence-electron chi connectivity index (χ2n) is 4.36. The van der Waals surface area contributed by atoms with E-state index >= 15 is 0 Å². The highest BCUT2D eigenvalue weighted by Crippen LogP contribution is 2.35. The zero-order valence-corrected chi connectivity index (χ0v) is 12.2. The highest BCUT2D eigenvalue weighted by Gasteiger charge is 2.11. The Morgan fingerprint density at radius 1 is 1.30 bits per heavy atom. The second kappa shape index (κ2) is 5.40. The molecule has 102 valence electrons. The summed E-state index contributed by atoms with van der Waals surface area (Å²) in [5, 5.41) is 1.46. The number of rotatable bonds is 3. The molecule has 0 saturated carbocycles. The molecule has 5 nitrogen and oxygen atoms in total. The molecule has 1 aromatic carbocycles. The SMILES string of the molecule is C[C@@H](N)c1ccc(Sc2ncnc3nc[nH]c23)c(Cl)c1. The molecule has 0 saturated heterocycles. The maximum Gasteiger partial charge on any atom is 0.181 e. The van der Waals surface area contributed by atoms with Crippen LogP contribution in [0.15, 0.2) is 40.8 Å². The summed E-state index contributed by atoms with van der Waals surface area (Å²) in [6, 6.07) is 5.78. The van der Waals surface area contributed by atoms with Crippen molar-refractivity contribution in [3.63, 3.8) is 0 Å². The molecular weight excluding hydrogens is 294 g/mol. The lowest BCUT2D eigenvalue weighted by atomic mass is 10.1. The maximum absolute atomic E-state index is 6.30. The third kappa shape index (κ3) is 2.49. The lowest BCUT2D eigenvalue weighted by Gasteiger charge is -2.09. The molecule has 3 aromatic rings. The third-order valence-corrected chi connectivity index (χ3v) is 4.38. The molecule has 3 N–H and O–H groups in total. The Labute approximate surface area is 125 Å². The Hall–Kier alpha value is -1.63. The summed E-state index contributed by atoms with van der Waals surface area (Å²) in [6.07, 6.45) is 3.10. The Balaban J connectivity index is 1.97. The van der Waals surface area contributed by atoms with E-state index < -0.39 is 0 Å². The molecule has 0 amide bonds. The fraction of sp³-hybridized carbons (Fsp3) is 0.154. The Bertz CT molecular complexity index is 755. The third-order valence-electron chi connectivity index (χ3n) is 2.88. The number of hydrogen-bond donors (Lipinski definition) is 2. The number of nitrogens with one attached hydrogen (secondary N) is 1. The van der Waals surface area contributed by atoms with Crippen molar-refractivity contribution >= 4 is 34.5 Å². The van der Waals surface area contributed by atoms with Gasteiger partial charge in [-0.3, -0.25) is 0 Å². The van der Waals surface area contributed by atoms with Crippen molar-refractivity contribution in [2.45, 2.75) is 22.9 Å². The Morgan fingerprint density at radius 2 is 2.15 bits per heavy atom. The standard InChI is InChI=1S/C13H12ClN5S/c1-7(15)8-2-3-10(9(14)4-8)20-13-11-12(17-5-16-11)18-6-19-13/h2-7H,15H2,1H3,(H,16,17,18,19)/t7-/m1/s1. The van der Waals surface area contributed by atoms with Gasteiger partial charge in [-0.2, -0.15) is 0 Å². The van der Waals surface area contributed by atoms with E-state index in [4.69, 9.17) is 17.3 Å². The topological polar surface area (TPSA) is 80.5 Å². The van der Waals surface area contributed by atoms with E-state index in [0.29, 0.717) is 10.7 Å². The zero-order chi connectivity index (χ0) is 14.1. The van der Waals surface area contributed by atoms with Crippen LogP contribution in [0.5, 0.6) is 0 Å². The van der Waals surface area contributed by atoms with Gasteiger partial charge in [-0.25, -0.2) is 15.0 Å².